The van der Waals surface area contributed by atoms with Crippen molar-refractivity contribution in [2.75, 3.05) is 17.7 Å². The highest BCUT2D eigenvalue weighted by Gasteiger charge is 2.07. The normalized spacial score (nSPS) is 10.4. The third kappa shape index (κ3) is 4.38. The van der Waals surface area contributed by atoms with Gasteiger partial charge in [0.25, 0.3) is 5.91 Å². The van der Waals surface area contributed by atoms with E-state index in [4.69, 9.17) is 4.74 Å². The molecule has 0 aliphatic carbocycles. The molecule has 29 heavy (non-hydrogen) atoms. The second-order valence-corrected chi connectivity index (χ2v) is 6.12. The first-order valence-corrected chi connectivity index (χ1v) is 8.84. The first kappa shape index (κ1) is 18.2. The molecule has 2 aromatic heterocycles. The van der Waals surface area contributed by atoms with Crippen molar-refractivity contribution < 1.29 is 9.53 Å². The molecule has 8 nitrogen and oxygen atoms in total. The lowest BCUT2D eigenvalue weighted by Crippen LogP contribution is -2.11. The van der Waals surface area contributed by atoms with Gasteiger partial charge in [-0.05, 0) is 48.5 Å². The Morgan fingerprint density at radius 3 is 2.45 bits per heavy atom. The van der Waals surface area contributed by atoms with Gasteiger partial charge >= 0.3 is 0 Å². The van der Waals surface area contributed by atoms with Crippen molar-refractivity contribution in [3.63, 3.8) is 0 Å². The molecular weight excluding hydrogens is 368 g/mol. The molecule has 0 aliphatic heterocycles. The minimum absolute atomic E-state index is 0.186. The third-order valence-corrected chi connectivity index (χ3v) is 4.19. The Hall–Kier alpha value is -4.20. The molecule has 0 atom stereocenters. The van der Waals surface area contributed by atoms with Gasteiger partial charge in [0, 0.05) is 35.4 Å². The number of nitrogens with one attached hydrogen (secondary N) is 2. The van der Waals surface area contributed by atoms with Gasteiger partial charge in [-0.25, -0.2) is 15.0 Å². The van der Waals surface area contributed by atoms with Gasteiger partial charge < -0.3 is 15.4 Å². The number of ether oxygens (including phenoxy) is 1. The van der Waals surface area contributed by atoms with E-state index < -0.39 is 0 Å². The van der Waals surface area contributed by atoms with Crippen molar-refractivity contribution >= 4 is 23.1 Å². The Morgan fingerprint density at radius 2 is 1.76 bits per heavy atom. The Kier molecular flexibility index (Phi) is 5.15. The SMILES string of the molecule is COc1ccc(C(=O)Nc2ccc(Nc3cc(-n4ccnc4)ncn3)cc2)cc1. The van der Waals surface area contributed by atoms with Gasteiger partial charge in [-0.1, -0.05) is 0 Å². The number of hydrogen-bond donors (Lipinski definition) is 2. The van der Waals surface area contributed by atoms with Gasteiger partial charge in [0.05, 0.1) is 7.11 Å². The Morgan fingerprint density at radius 1 is 1.00 bits per heavy atom. The molecule has 2 heterocycles. The second kappa shape index (κ2) is 8.22. The summed E-state index contributed by atoms with van der Waals surface area (Å²) in [4.78, 5) is 24.8. The van der Waals surface area contributed by atoms with Crippen LogP contribution >= 0.6 is 0 Å². The molecule has 0 radical (unpaired) electrons. The first-order chi connectivity index (χ1) is 14.2. The van der Waals surface area contributed by atoms with Gasteiger partial charge in [0.15, 0.2) is 0 Å². The number of methoxy groups -OCH3 is 1. The van der Waals surface area contributed by atoms with Crippen molar-refractivity contribution in [2.45, 2.75) is 0 Å². The van der Waals surface area contributed by atoms with E-state index in [9.17, 15) is 4.79 Å². The summed E-state index contributed by atoms with van der Waals surface area (Å²) in [5, 5.41) is 6.09. The maximum atomic E-state index is 12.3. The van der Waals surface area contributed by atoms with Gasteiger partial charge in [-0.2, -0.15) is 0 Å². The van der Waals surface area contributed by atoms with E-state index in [1.165, 1.54) is 6.33 Å². The number of nitrogens with zero attached hydrogens (tertiary/aromatic N) is 4. The highest BCUT2D eigenvalue weighted by atomic mass is 16.5. The molecule has 0 bridgehead atoms. The summed E-state index contributed by atoms with van der Waals surface area (Å²) in [6, 6.07) is 16.1. The molecule has 4 aromatic rings. The molecule has 0 fully saturated rings. The number of benzene rings is 2. The van der Waals surface area contributed by atoms with Crippen LogP contribution in [-0.2, 0) is 0 Å². The molecule has 1 amide bonds. The van der Waals surface area contributed by atoms with Gasteiger partial charge in [0.1, 0.15) is 30.0 Å². The zero-order valence-electron chi connectivity index (χ0n) is 15.6. The number of carbonyl (C=O) groups is 1. The molecule has 0 saturated carbocycles. The maximum absolute atomic E-state index is 12.3. The minimum Gasteiger partial charge on any atom is -0.497 e. The number of aromatic nitrogens is 4. The molecule has 0 saturated heterocycles. The van der Waals surface area contributed by atoms with Crippen LogP contribution in [0.1, 0.15) is 10.4 Å². The van der Waals surface area contributed by atoms with Crippen molar-refractivity contribution in [1.29, 1.82) is 0 Å². The summed E-state index contributed by atoms with van der Waals surface area (Å²) < 4.78 is 6.90. The van der Waals surface area contributed by atoms with E-state index in [0.29, 0.717) is 28.6 Å². The molecular formula is C21H18N6O2. The summed E-state index contributed by atoms with van der Waals surface area (Å²) >= 11 is 0. The quantitative estimate of drug-likeness (QED) is 0.525. The van der Waals surface area contributed by atoms with Crippen LogP contribution < -0.4 is 15.4 Å². The number of rotatable bonds is 6. The van der Waals surface area contributed by atoms with Crippen LogP contribution in [0.4, 0.5) is 17.2 Å². The van der Waals surface area contributed by atoms with Gasteiger partial charge in [0.2, 0.25) is 0 Å². The van der Waals surface area contributed by atoms with Crippen LogP contribution in [0.2, 0.25) is 0 Å². The number of imidazole rings is 1. The average molecular weight is 386 g/mol. The van der Waals surface area contributed by atoms with Crippen LogP contribution in [0.25, 0.3) is 5.82 Å². The summed E-state index contributed by atoms with van der Waals surface area (Å²) in [6.45, 7) is 0. The van der Waals surface area contributed by atoms with Gasteiger partial charge in [-0.3, -0.25) is 9.36 Å². The summed E-state index contributed by atoms with van der Waals surface area (Å²) in [7, 11) is 1.59. The van der Waals surface area contributed by atoms with Crippen molar-refractivity contribution in [3.05, 3.63) is 85.2 Å². The molecule has 0 unspecified atom stereocenters. The molecule has 0 spiro atoms. The average Bonchev–Trinajstić information content (AvgIpc) is 3.30. The van der Waals surface area contributed by atoms with Crippen LogP contribution in [0, 0.1) is 0 Å². The number of amides is 1. The van der Waals surface area contributed by atoms with Crippen LogP contribution in [0.15, 0.2) is 79.6 Å². The fraction of sp³-hybridized carbons (Fsp3) is 0.0476. The first-order valence-electron chi connectivity index (χ1n) is 8.84. The molecule has 144 valence electrons. The maximum Gasteiger partial charge on any atom is 0.255 e. The van der Waals surface area contributed by atoms with Crippen molar-refractivity contribution in [3.8, 4) is 11.6 Å². The fourth-order valence-corrected chi connectivity index (χ4v) is 2.68. The van der Waals surface area contributed by atoms with E-state index in [1.807, 2.05) is 36.5 Å². The standard InChI is InChI=1S/C21H18N6O2/c1-29-18-8-2-15(3-9-18)21(28)26-17-6-4-16(5-7-17)25-19-12-20(24-13-23-19)27-11-10-22-14-27/h2-14H,1H3,(H,26,28)(H,23,24,25). The third-order valence-electron chi connectivity index (χ3n) is 4.19. The number of anilines is 3. The minimum atomic E-state index is -0.186. The monoisotopic (exact) mass is 386 g/mol. The lowest BCUT2D eigenvalue weighted by Gasteiger charge is -2.09. The lowest BCUT2D eigenvalue weighted by atomic mass is 10.2. The largest absolute Gasteiger partial charge is 0.497 e. The van der Waals surface area contributed by atoms with E-state index >= 15 is 0 Å². The highest BCUT2D eigenvalue weighted by molar-refractivity contribution is 6.04. The molecule has 8 heteroatoms. The van der Waals surface area contributed by atoms with Crippen LogP contribution in [0.3, 0.4) is 0 Å². The Bertz CT molecular complexity index is 1090. The molecule has 4 rings (SSSR count). The smallest absolute Gasteiger partial charge is 0.255 e. The fourth-order valence-electron chi connectivity index (χ4n) is 2.68. The molecule has 0 aliphatic rings. The molecule has 2 aromatic carbocycles. The Labute approximate surface area is 167 Å². The summed E-state index contributed by atoms with van der Waals surface area (Å²) in [5.41, 5.74) is 2.09. The summed E-state index contributed by atoms with van der Waals surface area (Å²) in [6.07, 6.45) is 6.66. The summed E-state index contributed by atoms with van der Waals surface area (Å²) in [5.74, 6) is 1.88. The van der Waals surface area contributed by atoms with E-state index in [2.05, 4.69) is 25.6 Å². The Balaban J connectivity index is 1.41. The van der Waals surface area contributed by atoms with Crippen molar-refractivity contribution in [1.82, 2.24) is 19.5 Å². The second-order valence-electron chi connectivity index (χ2n) is 6.12. The highest BCUT2D eigenvalue weighted by Crippen LogP contribution is 2.19. The topological polar surface area (TPSA) is 94.0 Å². The van der Waals surface area contributed by atoms with Crippen LogP contribution in [-0.4, -0.2) is 32.5 Å². The lowest BCUT2D eigenvalue weighted by molar-refractivity contribution is 0.102. The van der Waals surface area contributed by atoms with E-state index in [-0.39, 0.29) is 5.91 Å². The predicted molar refractivity (Wildman–Crippen MR) is 110 cm³/mol. The zero-order valence-corrected chi connectivity index (χ0v) is 15.6. The predicted octanol–water partition coefficient (Wildman–Crippen LogP) is 3.67. The molecule has 2 N–H and O–H groups in total. The zero-order chi connectivity index (χ0) is 20.1. The van der Waals surface area contributed by atoms with E-state index in [0.717, 1.165) is 5.69 Å². The van der Waals surface area contributed by atoms with Crippen LogP contribution in [0.5, 0.6) is 5.75 Å². The number of carbonyl (C=O) groups excluding carboxylic acids is 1. The van der Waals surface area contributed by atoms with Gasteiger partial charge in [-0.15, -0.1) is 0 Å². The van der Waals surface area contributed by atoms with E-state index in [1.54, 1.807) is 48.5 Å². The van der Waals surface area contributed by atoms with Crippen molar-refractivity contribution in [2.24, 2.45) is 0 Å². The number of hydrogen-bond acceptors (Lipinski definition) is 6.